The Hall–Kier alpha value is -2.02. The Kier molecular flexibility index (Phi) is 3.12. The Bertz CT molecular complexity index is 527. The van der Waals surface area contributed by atoms with Gasteiger partial charge < -0.3 is 9.64 Å². The van der Waals surface area contributed by atoms with Gasteiger partial charge in [0.1, 0.15) is 18.3 Å². The van der Waals surface area contributed by atoms with Crippen molar-refractivity contribution in [2.45, 2.75) is 18.8 Å². The van der Waals surface area contributed by atoms with E-state index in [0.29, 0.717) is 19.7 Å². The smallest absolute Gasteiger partial charge is 0.233 e. The zero-order valence-electron chi connectivity index (χ0n) is 10.7. The Morgan fingerprint density at radius 3 is 2.79 bits per heavy atom. The summed E-state index contributed by atoms with van der Waals surface area (Å²) in [5.74, 6) is 0.903. The summed E-state index contributed by atoms with van der Waals surface area (Å²) in [6.45, 7) is 1.82. The summed E-state index contributed by atoms with van der Waals surface area (Å²) in [5.41, 5.74) is 0.995. The molecule has 0 saturated carbocycles. The van der Waals surface area contributed by atoms with E-state index in [1.807, 2.05) is 29.2 Å². The number of fused-ring (bicyclic) bond motifs is 1. The predicted molar refractivity (Wildman–Crippen MR) is 69.6 cm³/mol. The van der Waals surface area contributed by atoms with Gasteiger partial charge in [0.25, 0.3) is 0 Å². The molecule has 2 aliphatic heterocycles. The summed E-state index contributed by atoms with van der Waals surface area (Å²) in [5, 5.41) is 8.88. The van der Waals surface area contributed by atoms with Crippen LogP contribution in [0.4, 0.5) is 0 Å². The van der Waals surface area contributed by atoms with Crippen LogP contribution in [0.1, 0.15) is 24.3 Å². The molecule has 4 nitrogen and oxygen atoms in total. The van der Waals surface area contributed by atoms with Crippen molar-refractivity contribution in [2.75, 3.05) is 19.7 Å². The van der Waals surface area contributed by atoms with Gasteiger partial charge >= 0.3 is 0 Å². The molecule has 0 aliphatic carbocycles. The van der Waals surface area contributed by atoms with Crippen molar-refractivity contribution in [3.05, 3.63) is 29.8 Å². The highest BCUT2D eigenvalue weighted by molar-refractivity contribution is 5.85. The van der Waals surface area contributed by atoms with Crippen molar-refractivity contribution in [1.29, 1.82) is 5.26 Å². The molecule has 0 spiro atoms. The van der Waals surface area contributed by atoms with Gasteiger partial charge in [0.2, 0.25) is 5.91 Å². The number of nitriles is 1. The van der Waals surface area contributed by atoms with E-state index in [1.54, 1.807) is 0 Å². The lowest BCUT2D eigenvalue weighted by atomic mass is 9.95. The molecule has 1 saturated heterocycles. The van der Waals surface area contributed by atoms with Crippen molar-refractivity contribution >= 4 is 5.91 Å². The first-order valence-electron chi connectivity index (χ1n) is 6.69. The molecule has 4 heteroatoms. The number of likely N-dealkylation sites (tertiary alicyclic amines) is 1. The van der Waals surface area contributed by atoms with Gasteiger partial charge in [-0.15, -0.1) is 0 Å². The molecule has 0 bridgehead atoms. The fourth-order valence-corrected chi connectivity index (χ4v) is 2.82. The lowest BCUT2D eigenvalue weighted by Crippen LogP contribution is -2.41. The van der Waals surface area contributed by atoms with Crippen molar-refractivity contribution in [2.24, 2.45) is 5.92 Å². The third-order valence-corrected chi connectivity index (χ3v) is 3.99. The maximum atomic E-state index is 12.5. The molecule has 1 aromatic carbocycles. The number of nitrogens with zero attached hydrogens (tertiary/aromatic N) is 2. The first kappa shape index (κ1) is 12.0. The second-order valence-electron chi connectivity index (χ2n) is 5.13. The van der Waals surface area contributed by atoms with Crippen LogP contribution in [0, 0.1) is 17.2 Å². The molecule has 3 rings (SSSR count). The molecular formula is C15H16N2O2. The van der Waals surface area contributed by atoms with Gasteiger partial charge in [0.15, 0.2) is 0 Å². The normalized spacial score (nSPS) is 22.5. The second-order valence-corrected chi connectivity index (χ2v) is 5.13. The average molecular weight is 256 g/mol. The maximum Gasteiger partial charge on any atom is 0.233 e. The molecule has 0 radical (unpaired) electrons. The summed E-state index contributed by atoms with van der Waals surface area (Å²) in [6, 6.07) is 10.0. The lowest BCUT2D eigenvalue weighted by Gasteiger charge is -2.30. The Labute approximate surface area is 112 Å². The Balaban J connectivity index is 1.71. The quantitative estimate of drug-likeness (QED) is 0.771. The van der Waals surface area contributed by atoms with E-state index in [-0.39, 0.29) is 17.7 Å². The molecule has 19 heavy (non-hydrogen) atoms. The summed E-state index contributed by atoms with van der Waals surface area (Å²) >= 11 is 0. The van der Waals surface area contributed by atoms with Gasteiger partial charge in [-0.1, -0.05) is 18.2 Å². The first-order valence-corrected chi connectivity index (χ1v) is 6.69. The number of rotatable bonds is 1. The van der Waals surface area contributed by atoms with Crippen LogP contribution < -0.4 is 4.74 Å². The highest BCUT2D eigenvalue weighted by Crippen LogP contribution is 2.35. The largest absolute Gasteiger partial charge is 0.492 e. The zero-order chi connectivity index (χ0) is 13.2. The number of ether oxygens (including phenoxy) is 1. The molecule has 0 N–H and O–H groups in total. The topological polar surface area (TPSA) is 53.3 Å². The SMILES string of the molecule is N#CC1CCN(C(=O)C2COc3ccccc32)CC1. The van der Waals surface area contributed by atoms with Crippen LogP contribution in [0.3, 0.4) is 0 Å². The number of hydrogen-bond donors (Lipinski definition) is 0. The van der Waals surface area contributed by atoms with Gasteiger partial charge in [-0.3, -0.25) is 4.79 Å². The van der Waals surface area contributed by atoms with Gasteiger partial charge in [-0.25, -0.2) is 0 Å². The molecule has 1 fully saturated rings. The van der Waals surface area contributed by atoms with Crippen LogP contribution in [-0.2, 0) is 4.79 Å². The minimum absolute atomic E-state index is 0.108. The fourth-order valence-electron chi connectivity index (χ4n) is 2.82. The van der Waals surface area contributed by atoms with E-state index in [1.165, 1.54) is 0 Å². The monoisotopic (exact) mass is 256 g/mol. The van der Waals surface area contributed by atoms with E-state index < -0.39 is 0 Å². The molecule has 2 aliphatic rings. The molecule has 1 aromatic rings. The first-order chi connectivity index (χ1) is 9.29. The van der Waals surface area contributed by atoms with E-state index in [2.05, 4.69) is 6.07 Å². The highest BCUT2D eigenvalue weighted by atomic mass is 16.5. The number of amides is 1. The van der Waals surface area contributed by atoms with E-state index in [4.69, 9.17) is 10.00 Å². The zero-order valence-corrected chi connectivity index (χ0v) is 10.7. The number of carbonyl (C=O) groups is 1. The second kappa shape index (κ2) is 4.93. The predicted octanol–water partition coefficient (Wildman–Crippen LogP) is 1.92. The Morgan fingerprint density at radius 2 is 2.05 bits per heavy atom. The molecule has 1 unspecified atom stereocenters. The molecule has 1 amide bonds. The third kappa shape index (κ3) is 2.17. The molecule has 2 heterocycles. The van der Waals surface area contributed by atoms with Crippen LogP contribution in [0.2, 0.25) is 0 Å². The van der Waals surface area contributed by atoms with Gasteiger partial charge in [-0.2, -0.15) is 5.26 Å². The van der Waals surface area contributed by atoms with Crippen LogP contribution >= 0.6 is 0 Å². The van der Waals surface area contributed by atoms with E-state index >= 15 is 0 Å². The van der Waals surface area contributed by atoms with Crippen LogP contribution in [0.25, 0.3) is 0 Å². The maximum absolute atomic E-state index is 12.5. The van der Waals surface area contributed by atoms with E-state index in [9.17, 15) is 4.79 Å². The van der Waals surface area contributed by atoms with Crippen LogP contribution in [0.15, 0.2) is 24.3 Å². The standard InChI is InChI=1S/C15H16N2O2/c16-9-11-5-7-17(8-6-11)15(18)13-10-19-14-4-2-1-3-12(13)14/h1-4,11,13H,5-8,10H2. The Morgan fingerprint density at radius 1 is 1.32 bits per heavy atom. The summed E-state index contributed by atoms with van der Waals surface area (Å²) in [7, 11) is 0. The average Bonchev–Trinajstić information content (AvgIpc) is 2.90. The number of para-hydroxylation sites is 1. The van der Waals surface area contributed by atoms with Crippen molar-refractivity contribution < 1.29 is 9.53 Å². The third-order valence-electron chi connectivity index (χ3n) is 3.99. The minimum Gasteiger partial charge on any atom is -0.492 e. The lowest BCUT2D eigenvalue weighted by molar-refractivity contribution is -0.134. The van der Waals surface area contributed by atoms with Crippen LogP contribution in [-0.4, -0.2) is 30.5 Å². The molecular weight excluding hydrogens is 240 g/mol. The summed E-state index contributed by atoms with van der Waals surface area (Å²) < 4.78 is 5.57. The number of hydrogen-bond acceptors (Lipinski definition) is 3. The number of carbonyl (C=O) groups excluding carboxylic acids is 1. The van der Waals surface area contributed by atoms with Gasteiger partial charge in [-0.05, 0) is 18.9 Å². The van der Waals surface area contributed by atoms with Crippen molar-refractivity contribution in [3.8, 4) is 11.8 Å². The number of piperidine rings is 1. The fraction of sp³-hybridized carbons (Fsp3) is 0.467. The van der Waals surface area contributed by atoms with Crippen molar-refractivity contribution in [1.82, 2.24) is 4.90 Å². The van der Waals surface area contributed by atoms with E-state index in [0.717, 1.165) is 24.2 Å². The molecule has 0 aromatic heterocycles. The number of benzene rings is 1. The van der Waals surface area contributed by atoms with Crippen molar-refractivity contribution in [3.63, 3.8) is 0 Å². The molecule has 98 valence electrons. The summed E-state index contributed by atoms with van der Waals surface area (Å²) in [4.78, 5) is 14.4. The molecule has 1 atom stereocenters. The minimum atomic E-state index is -0.171. The summed E-state index contributed by atoms with van der Waals surface area (Å²) in [6.07, 6.45) is 1.58. The van der Waals surface area contributed by atoms with Crippen LogP contribution in [0.5, 0.6) is 5.75 Å². The highest BCUT2D eigenvalue weighted by Gasteiger charge is 2.34. The van der Waals surface area contributed by atoms with Gasteiger partial charge in [0.05, 0.1) is 6.07 Å². The van der Waals surface area contributed by atoms with Gasteiger partial charge in [0, 0.05) is 24.6 Å².